The summed E-state index contributed by atoms with van der Waals surface area (Å²) >= 11 is 1.34. The second kappa shape index (κ2) is 10.6. The van der Waals surface area contributed by atoms with Gasteiger partial charge in [0.05, 0.1) is 12.7 Å². The quantitative estimate of drug-likeness (QED) is 0.515. The molecule has 0 N–H and O–H groups in total. The van der Waals surface area contributed by atoms with E-state index in [-0.39, 0.29) is 22.9 Å². The molecule has 2 aromatic carbocycles. The highest BCUT2D eigenvalue weighted by Crippen LogP contribution is 2.28. The van der Waals surface area contributed by atoms with Crippen molar-refractivity contribution in [1.29, 1.82) is 0 Å². The van der Waals surface area contributed by atoms with E-state index in [9.17, 15) is 14.0 Å². The summed E-state index contributed by atoms with van der Waals surface area (Å²) in [5, 5.41) is -0.390. The number of ether oxygens (including phenoxy) is 1. The van der Waals surface area contributed by atoms with Gasteiger partial charge in [-0.1, -0.05) is 24.3 Å². The number of hydrogen-bond donors (Lipinski definition) is 0. The highest BCUT2D eigenvalue weighted by Gasteiger charge is 2.24. The first-order chi connectivity index (χ1) is 14.5. The summed E-state index contributed by atoms with van der Waals surface area (Å²) in [4.78, 5) is 30.0. The molecule has 0 radical (unpaired) electrons. The lowest BCUT2D eigenvalue weighted by molar-refractivity contribution is -0.139. The van der Waals surface area contributed by atoms with E-state index in [1.165, 1.54) is 31.0 Å². The average molecular weight is 431 g/mol. The van der Waals surface area contributed by atoms with E-state index in [0.717, 1.165) is 36.5 Å². The van der Waals surface area contributed by atoms with Crippen molar-refractivity contribution in [3.8, 4) is 0 Å². The highest BCUT2D eigenvalue weighted by molar-refractivity contribution is 8.00. The molecular formula is C23H27FN2O3S. The number of thioether (sulfide) groups is 1. The Hall–Kier alpha value is -2.38. The van der Waals surface area contributed by atoms with Gasteiger partial charge in [-0.2, -0.15) is 0 Å². The first kappa shape index (κ1) is 22.3. The van der Waals surface area contributed by atoms with E-state index in [4.69, 9.17) is 4.74 Å². The number of hydrogen-bond acceptors (Lipinski definition) is 5. The molecular weight excluding hydrogens is 403 g/mol. The van der Waals surface area contributed by atoms with Gasteiger partial charge in [0, 0.05) is 37.6 Å². The Balaban J connectivity index is 1.65. The van der Waals surface area contributed by atoms with Crippen molar-refractivity contribution in [3.05, 3.63) is 65.5 Å². The Morgan fingerprint density at radius 3 is 2.53 bits per heavy atom. The second-order valence-corrected chi connectivity index (χ2v) is 8.71. The number of amides is 1. The Bertz CT molecular complexity index is 875. The molecule has 1 aliphatic rings. The van der Waals surface area contributed by atoms with E-state index < -0.39 is 0 Å². The van der Waals surface area contributed by atoms with Gasteiger partial charge in [-0.05, 0) is 43.2 Å². The van der Waals surface area contributed by atoms with Gasteiger partial charge in [-0.3, -0.25) is 14.5 Å². The summed E-state index contributed by atoms with van der Waals surface area (Å²) in [5.41, 5.74) is 1.68. The molecule has 1 heterocycles. The molecule has 30 heavy (non-hydrogen) atoms. The number of halogens is 1. The van der Waals surface area contributed by atoms with Crippen LogP contribution >= 0.6 is 11.8 Å². The maximum absolute atomic E-state index is 13.2. The summed E-state index contributed by atoms with van der Waals surface area (Å²) in [5.74, 6) is -0.559. The fourth-order valence-electron chi connectivity index (χ4n) is 3.50. The van der Waals surface area contributed by atoms with Crippen LogP contribution in [0.5, 0.6) is 0 Å². The molecule has 0 aromatic heterocycles. The van der Waals surface area contributed by atoms with Crippen LogP contribution in [0.1, 0.15) is 29.3 Å². The van der Waals surface area contributed by atoms with Gasteiger partial charge in [0.25, 0.3) is 5.91 Å². The fourth-order valence-corrected chi connectivity index (χ4v) is 4.51. The van der Waals surface area contributed by atoms with Crippen molar-refractivity contribution >= 4 is 23.6 Å². The minimum absolute atomic E-state index is 0.0150. The van der Waals surface area contributed by atoms with Crippen LogP contribution in [0, 0.1) is 5.82 Å². The van der Waals surface area contributed by atoms with E-state index in [1.807, 2.05) is 29.2 Å². The molecule has 1 fully saturated rings. The zero-order chi connectivity index (χ0) is 21.5. The third-order valence-electron chi connectivity index (χ3n) is 5.15. The first-order valence-corrected chi connectivity index (χ1v) is 11.0. The van der Waals surface area contributed by atoms with Gasteiger partial charge >= 0.3 is 5.97 Å². The normalized spacial score (nSPS) is 16.0. The largest absolute Gasteiger partial charge is 0.468 e. The first-order valence-electron chi connectivity index (χ1n) is 10.1. The molecule has 1 aliphatic heterocycles. The summed E-state index contributed by atoms with van der Waals surface area (Å²) in [6, 6.07) is 14.0. The minimum atomic E-state index is -0.390. The SMILES string of the molecule is COC(=O)C(C)Sc1ccccc1C(=O)N1CCCN(Cc2ccc(F)cc2)CC1. The van der Waals surface area contributed by atoms with Crippen molar-refractivity contribution in [1.82, 2.24) is 9.80 Å². The highest BCUT2D eigenvalue weighted by atomic mass is 32.2. The summed E-state index contributed by atoms with van der Waals surface area (Å²) in [7, 11) is 1.37. The van der Waals surface area contributed by atoms with Gasteiger partial charge < -0.3 is 9.64 Å². The van der Waals surface area contributed by atoms with Crippen LogP contribution in [0.15, 0.2) is 53.4 Å². The summed E-state index contributed by atoms with van der Waals surface area (Å²) in [6.07, 6.45) is 0.876. The van der Waals surface area contributed by atoms with Gasteiger partial charge in [0.2, 0.25) is 0 Å². The van der Waals surface area contributed by atoms with Crippen molar-refractivity contribution in [2.24, 2.45) is 0 Å². The predicted molar refractivity (Wildman–Crippen MR) is 116 cm³/mol. The lowest BCUT2D eigenvalue weighted by Crippen LogP contribution is -2.35. The van der Waals surface area contributed by atoms with Gasteiger partial charge in [0.1, 0.15) is 11.1 Å². The molecule has 1 amide bonds. The van der Waals surface area contributed by atoms with Crippen LogP contribution in [0.3, 0.4) is 0 Å². The standard InChI is InChI=1S/C23H27FN2O3S/c1-17(23(28)29-2)30-21-7-4-3-6-20(21)22(27)26-13-5-12-25(14-15-26)16-18-8-10-19(24)11-9-18/h3-4,6-11,17H,5,12-16H2,1-2H3. The van der Waals surface area contributed by atoms with E-state index in [2.05, 4.69) is 4.90 Å². The summed E-state index contributed by atoms with van der Waals surface area (Å²) in [6.45, 7) is 5.48. The van der Waals surface area contributed by atoms with Crippen LogP contribution in [-0.2, 0) is 16.1 Å². The second-order valence-electron chi connectivity index (χ2n) is 7.33. The van der Waals surface area contributed by atoms with E-state index >= 15 is 0 Å². The third kappa shape index (κ3) is 5.83. The zero-order valence-corrected chi connectivity index (χ0v) is 18.2. The monoisotopic (exact) mass is 430 g/mol. The predicted octanol–water partition coefficient (Wildman–Crippen LogP) is 3.83. The van der Waals surface area contributed by atoms with E-state index in [1.54, 1.807) is 19.1 Å². The van der Waals surface area contributed by atoms with Crippen LogP contribution in [0.4, 0.5) is 4.39 Å². The molecule has 1 unspecified atom stereocenters. The van der Waals surface area contributed by atoms with Gasteiger partial charge in [-0.15, -0.1) is 11.8 Å². The Kier molecular flexibility index (Phi) is 7.87. The molecule has 0 saturated carbocycles. The average Bonchev–Trinajstić information content (AvgIpc) is 3.00. The van der Waals surface area contributed by atoms with E-state index in [0.29, 0.717) is 18.7 Å². The number of carbonyl (C=O) groups excluding carboxylic acids is 2. The number of esters is 1. The number of methoxy groups -OCH3 is 1. The van der Waals surface area contributed by atoms with Crippen molar-refractivity contribution in [2.45, 2.75) is 30.0 Å². The molecule has 5 nitrogen and oxygen atoms in total. The molecule has 7 heteroatoms. The molecule has 0 bridgehead atoms. The van der Waals surface area contributed by atoms with Crippen molar-refractivity contribution < 1.29 is 18.7 Å². The van der Waals surface area contributed by atoms with Gasteiger partial charge in [0.15, 0.2) is 0 Å². The Labute approximate surface area is 181 Å². The van der Waals surface area contributed by atoms with Crippen molar-refractivity contribution in [2.75, 3.05) is 33.3 Å². The smallest absolute Gasteiger partial charge is 0.318 e. The summed E-state index contributed by atoms with van der Waals surface area (Å²) < 4.78 is 17.9. The number of carbonyl (C=O) groups is 2. The maximum Gasteiger partial charge on any atom is 0.318 e. The van der Waals surface area contributed by atoms with Crippen LogP contribution in [0.25, 0.3) is 0 Å². The number of rotatable bonds is 6. The van der Waals surface area contributed by atoms with Crippen LogP contribution in [-0.4, -0.2) is 60.2 Å². The van der Waals surface area contributed by atoms with Gasteiger partial charge in [-0.25, -0.2) is 4.39 Å². The minimum Gasteiger partial charge on any atom is -0.468 e. The Morgan fingerprint density at radius 2 is 1.80 bits per heavy atom. The molecule has 0 aliphatic carbocycles. The number of nitrogens with zero attached hydrogens (tertiary/aromatic N) is 2. The molecule has 160 valence electrons. The fraction of sp³-hybridized carbons (Fsp3) is 0.391. The third-order valence-corrected chi connectivity index (χ3v) is 6.31. The molecule has 3 rings (SSSR count). The molecule has 2 aromatic rings. The Morgan fingerprint density at radius 1 is 1.07 bits per heavy atom. The van der Waals surface area contributed by atoms with Crippen molar-refractivity contribution in [3.63, 3.8) is 0 Å². The topological polar surface area (TPSA) is 49.9 Å². The molecule has 1 saturated heterocycles. The van der Waals surface area contributed by atoms with Crippen LogP contribution < -0.4 is 0 Å². The number of benzene rings is 2. The molecule has 0 spiro atoms. The van der Waals surface area contributed by atoms with Crippen LogP contribution in [0.2, 0.25) is 0 Å². The molecule has 1 atom stereocenters. The zero-order valence-electron chi connectivity index (χ0n) is 17.3. The maximum atomic E-state index is 13.2. The lowest BCUT2D eigenvalue weighted by atomic mass is 10.2. The lowest BCUT2D eigenvalue weighted by Gasteiger charge is -2.23.